The van der Waals surface area contributed by atoms with Crippen LogP contribution in [0.3, 0.4) is 0 Å². The number of hydrogen-bond acceptors (Lipinski definition) is 16. The fourth-order valence-corrected chi connectivity index (χ4v) is 9.77. The van der Waals surface area contributed by atoms with Crippen molar-refractivity contribution in [3.05, 3.63) is 12.2 Å². The fourth-order valence-electron chi connectivity index (χ4n) is 9.77. The summed E-state index contributed by atoms with van der Waals surface area (Å²) >= 11 is 0. The van der Waals surface area contributed by atoms with Crippen molar-refractivity contribution in [1.82, 2.24) is 63.0 Å². The smallest absolute Gasteiger partial charge is 0.305 e. The molecule has 0 radical (unpaired) electrons. The second kappa shape index (κ2) is 36.6. The lowest BCUT2D eigenvalue weighted by Gasteiger charge is -2.37. The van der Waals surface area contributed by atoms with Crippen molar-refractivity contribution in [2.24, 2.45) is 11.8 Å². The Labute approximate surface area is 497 Å². The van der Waals surface area contributed by atoms with Crippen LogP contribution >= 0.6 is 0 Å². The van der Waals surface area contributed by atoms with Crippen molar-refractivity contribution in [3.63, 3.8) is 0 Å². The number of carboxylic acids is 3. The zero-order chi connectivity index (χ0) is 64.2. The van der Waals surface area contributed by atoms with Gasteiger partial charge in [-0.15, -0.1) is 0 Å². The van der Waals surface area contributed by atoms with Crippen molar-refractivity contribution in [2.45, 2.75) is 192 Å². The molecule has 31 heteroatoms. The first-order valence-corrected chi connectivity index (χ1v) is 29.1. The molecule has 86 heavy (non-hydrogen) atoms. The van der Waals surface area contributed by atoms with Gasteiger partial charge in [-0.1, -0.05) is 72.3 Å². The lowest BCUT2D eigenvalue weighted by molar-refractivity contribution is -0.146. The summed E-state index contributed by atoms with van der Waals surface area (Å²) in [6.45, 7) is 4.80. The van der Waals surface area contributed by atoms with Crippen LogP contribution in [0.1, 0.15) is 137 Å². The first kappa shape index (κ1) is 72.0. The van der Waals surface area contributed by atoms with Crippen molar-refractivity contribution in [3.8, 4) is 0 Å². The number of carbonyl (C=O) groups excluding carboxylic acids is 12. The quantitative estimate of drug-likeness (QED) is 0.0392. The number of aliphatic hydroxyl groups excluding tert-OH is 1. The predicted octanol–water partition coefficient (Wildman–Crippen LogP) is -3.46. The number of nitrogens with one attached hydrogen (secondary N) is 10. The van der Waals surface area contributed by atoms with Gasteiger partial charge in [0.25, 0.3) is 0 Å². The monoisotopic (exact) mass is 1220 g/mol. The predicted molar refractivity (Wildman–Crippen MR) is 302 cm³/mol. The third-order valence-electron chi connectivity index (χ3n) is 14.3. The highest BCUT2D eigenvalue weighted by Crippen LogP contribution is 2.22. The van der Waals surface area contributed by atoms with Gasteiger partial charge in [-0.25, -0.2) is 0 Å². The molecule has 3 aliphatic rings. The van der Waals surface area contributed by atoms with Crippen LogP contribution in [0.5, 0.6) is 0 Å². The lowest BCUT2D eigenvalue weighted by Crippen LogP contribution is -2.63. The van der Waals surface area contributed by atoms with Crippen LogP contribution in [-0.2, 0) is 71.9 Å². The molecule has 14 N–H and O–H groups in total. The van der Waals surface area contributed by atoms with Crippen LogP contribution in [-0.4, -0.2) is 213 Å². The number of carboxylic acid groups (broad SMARTS) is 3. The Bertz CT molecular complexity index is 2490. The summed E-state index contributed by atoms with van der Waals surface area (Å²) in [5.74, 6) is -17.4. The maximum atomic E-state index is 14.8. The highest BCUT2D eigenvalue weighted by Gasteiger charge is 2.42. The Morgan fingerprint density at radius 1 is 0.570 bits per heavy atom. The van der Waals surface area contributed by atoms with Gasteiger partial charge in [-0.2, -0.15) is 0 Å². The minimum absolute atomic E-state index is 0.0199. The van der Waals surface area contributed by atoms with E-state index in [1.807, 2.05) is 5.32 Å². The maximum Gasteiger partial charge on any atom is 0.305 e. The average molecular weight is 1220 g/mol. The Kier molecular flexibility index (Phi) is 30.6. The normalized spacial score (nSPS) is 24.0. The van der Waals surface area contributed by atoms with Crippen LogP contribution in [0.15, 0.2) is 12.2 Å². The van der Waals surface area contributed by atoms with Crippen LogP contribution < -0.4 is 53.2 Å². The molecule has 3 heterocycles. The summed E-state index contributed by atoms with van der Waals surface area (Å²) in [7, 11) is 0. The Hall–Kier alpha value is -8.25. The highest BCUT2D eigenvalue weighted by atomic mass is 16.4. The molecule has 0 aromatic carbocycles. The van der Waals surface area contributed by atoms with Crippen LogP contribution in [0.25, 0.3) is 0 Å². The minimum Gasteiger partial charge on any atom is -0.481 e. The van der Waals surface area contributed by atoms with Gasteiger partial charge in [0.1, 0.15) is 48.3 Å². The zero-order valence-electron chi connectivity index (χ0n) is 49.4. The molecule has 0 aromatic heterocycles. The number of rotatable bonds is 21. The van der Waals surface area contributed by atoms with Crippen LogP contribution in [0, 0.1) is 11.8 Å². The Morgan fingerprint density at radius 3 is 1.60 bits per heavy atom. The first-order chi connectivity index (χ1) is 40.6. The van der Waals surface area contributed by atoms with E-state index in [1.165, 1.54) is 0 Å². The van der Waals surface area contributed by atoms with E-state index in [0.29, 0.717) is 25.2 Å². The van der Waals surface area contributed by atoms with Gasteiger partial charge in [0.15, 0.2) is 0 Å². The maximum absolute atomic E-state index is 14.8. The molecular weight excluding hydrogens is 1130 g/mol. The van der Waals surface area contributed by atoms with Crippen molar-refractivity contribution < 1.29 is 92.3 Å². The molecule has 3 saturated heterocycles. The molecule has 3 aliphatic heterocycles. The van der Waals surface area contributed by atoms with Crippen molar-refractivity contribution in [1.29, 1.82) is 0 Å². The topological polar surface area (TPSA) is 464 Å². The molecule has 9 atom stereocenters. The van der Waals surface area contributed by atoms with E-state index < -0.39 is 195 Å². The molecule has 3 rings (SSSR count). The summed E-state index contributed by atoms with van der Waals surface area (Å²) in [4.78, 5) is 202. The highest BCUT2D eigenvalue weighted by molar-refractivity contribution is 6.00. The second-order valence-electron chi connectivity index (χ2n) is 22.3. The summed E-state index contributed by atoms with van der Waals surface area (Å²) in [6.07, 6.45) is 6.72. The third kappa shape index (κ3) is 25.1. The van der Waals surface area contributed by atoms with Gasteiger partial charge < -0.3 is 83.4 Å². The molecule has 31 nitrogen and oxygen atoms in total. The van der Waals surface area contributed by atoms with E-state index in [2.05, 4.69) is 61.7 Å². The molecule has 12 amide bonds. The molecule has 0 aromatic rings. The van der Waals surface area contributed by atoms with E-state index >= 15 is 0 Å². The fraction of sp³-hybridized carbons (Fsp3) is 0.691. The van der Waals surface area contributed by atoms with Crippen molar-refractivity contribution in [2.75, 3.05) is 39.3 Å². The summed E-state index contributed by atoms with van der Waals surface area (Å²) in [5, 5.41) is 62.2. The Balaban J connectivity index is 2.01. The van der Waals surface area contributed by atoms with Gasteiger partial charge in [-0.3, -0.25) is 71.9 Å². The largest absolute Gasteiger partial charge is 0.481 e. The van der Waals surface area contributed by atoms with Crippen LogP contribution in [0.4, 0.5) is 0 Å². The summed E-state index contributed by atoms with van der Waals surface area (Å²) in [5.41, 5.74) is 0. The van der Waals surface area contributed by atoms with Gasteiger partial charge in [0.2, 0.25) is 70.9 Å². The molecule has 3 fully saturated rings. The molecule has 0 spiro atoms. The third-order valence-corrected chi connectivity index (χ3v) is 14.3. The lowest BCUT2D eigenvalue weighted by atomic mass is 9.99. The van der Waals surface area contributed by atoms with E-state index in [1.54, 1.807) is 19.9 Å². The van der Waals surface area contributed by atoms with E-state index in [0.717, 1.165) is 67.7 Å². The SMILES string of the molecule is CC(C)CCCCCCCC/C=C/C(=O)N[C@@H](CC(=O)O)C(=O)N[C@H]1CNC(=O)[C@@H]2CCCN2C(=O)[C@H](C(C)C)NC(=O)[C@@H](C(C)O)NC(=O)CNC(=O)[C@H](CC(=O)O)NC(=O)CNC(=O)[C@H](CC(=O)O)NC(=O)CNC(=O)C2CCCCN2C1=O. The number of nitrogens with zero attached hydrogens (tertiary/aromatic N) is 2. The minimum atomic E-state index is -1.90. The number of fused-ring (bicyclic) bond motifs is 2. The molecule has 0 saturated carbocycles. The first-order valence-electron chi connectivity index (χ1n) is 29.1. The standard InChI is InChI=1S/C55H86N12O19/c1-30(2)17-12-10-8-6-7-9-11-13-20-39(69)60-35(25-45(77)78)50(81)63-36-26-56-51(82)38-19-16-22-67(38)55(86)46(31(3)4)65-53(84)47(32(5)68)64-42(72)29-58-49(80)34(24-44(75)76)61-40(70)27-57-48(79)33(23-43(73)74)62-41(71)28-59-52(83)37-18-14-15-21-66(37)54(36)85/h13,20,30-38,46-47,68H,6-12,14-19,21-29H2,1-5H3,(H,56,82)(H,57,79)(H,58,80)(H,59,83)(H,60,69)(H,61,70)(H,62,71)(H,63,81)(H,64,72)(H,65,84)(H,73,74)(H,75,76)(H,77,78)/b20-13+/t32?,33-,34-,35-,36-,37?,38-,46-,47+/m0/s1. The summed E-state index contributed by atoms with van der Waals surface area (Å²) in [6, 6.07) is -13.2. The van der Waals surface area contributed by atoms with Gasteiger partial charge in [-0.05, 0) is 69.8 Å². The molecular formula is C55H86N12O19. The van der Waals surface area contributed by atoms with Crippen LogP contribution in [0.2, 0.25) is 0 Å². The Morgan fingerprint density at radius 2 is 1.07 bits per heavy atom. The van der Waals surface area contributed by atoms with E-state index in [-0.39, 0.29) is 32.4 Å². The van der Waals surface area contributed by atoms with Crippen molar-refractivity contribution >= 4 is 88.8 Å². The number of amides is 12. The number of hydrogen-bond donors (Lipinski definition) is 14. The number of allylic oxidation sites excluding steroid dienone is 1. The number of aliphatic carboxylic acids is 3. The number of unbranched alkanes of at least 4 members (excludes halogenated alkanes) is 6. The van der Waals surface area contributed by atoms with E-state index in [9.17, 15) is 92.3 Å². The van der Waals surface area contributed by atoms with E-state index in [4.69, 9.17) is 0 Å². The molecule has 0 aliphatic carbocycles. The average Bonchev–Trinajstić information content (AvgIpc) is 1.96. The zero-order valence-corrected chi connectivity index (χ0v) is 49.4. The number of piperidine rings is 1. The molecule has 0 bridgehead atoms. The van der Waals surface area contributed by atoms with Gasteiger partial charge in [0, 0.05) is 19.6 Å². The molecule has 480 valence electrons. The second-order valence-corrected chi connectivity index (χ2v) is 22.3. The number of carbonyl (C=O) groups is 15. The van der Waals surface area contributed by atoms with Gasteiger partial charge in [0.05, 0.1) is 45.0 Å². The number of aliphatic hydroxyl groups is 1. The summed E-state index contributed by atoms with van der Waals surface area (Å²) < 4.78 is 0. The molecule has 2 unspecified atom stereocenters. The van der Waals surface area contributed by atoms with Gasteiger partial charge >= 0.3 is 17.9 Å².